The maximum absolute atomic E-state index is 12.4. The molecule has 0 spiro atoms. The van der Waals surface area contributed by atoms with Gasteiger partial charge in [-0.3, -0.25) is 4.79 Å². The molecule has 0 saturated heterocycles. The van der Waals surface area contributed by atoms with Crippen LogP contribution in [0.25, 0.3) is 0 Å². The second-order valence-corrected chi connectivity index (χ2v) is 4.68. The highest BCUT2D eigenvalue weighted by atomic mass is 19.3. The van der Waals surface area contributed by atoms with E-state index in [1.54, 1.807) is 12.1 Å². The molecule has 0 aliphatic rings. The zero-order valence-electron chi connectivity index (χ0n) is 9.96. The average Bonchev–Trinajstić information content (AvgIpc) is 2.14. The van der Waals surface area contributed by atoms with E-state index in [0.717, 1.165) is 0 Å². The van der Waals surface area contributed by atoms with Crippen LogP contribution in [0.4, 0.5) is 8.78 Å². The first-order valence-electron chi connectivity index (χ1n) is 5.11. The van der Waals surface area contributed by atoms with Gasteiger partial charge in [0.15, 0.2) is 0 Å². The molecule has 0 atom stereocenters. The van der Waals surface area contributed by atoms with Crippen LogP contribution in [0.5, 0.6) is 5.75 Å². The van der Waals surface area contributed by atoms with Gasteiger partial charge in [0.05, 0.1) is 5.56 Å². The summed E-state index contributed by atoms with van der Waals surface area (Å²) in [6, 6.07) is 4.61. The molecule has 17 heavy (non-hydrogen) atoms. The first-order chi connectivity index (χ1) is 7.73. The Morgan fingerprint density at radius 3 is 2.35 bits per heavy atom. The summed E-state index contributed by atoms with van der Waals surface area (Å²) in [6.07, 6.45) is 0. The SMILES string of the molecule is CC(C)(C)c1cccc(C(N)=O)c1OC(F)F. The van der Waals surface area contributed by atoms with Gasteiger partial charge in [0.1, 0.15) is 5.75 Å². The number of rotatable bonds is 3. The lowest BCUT2D eigenvalue weighted by molar-refractivity contribution is -0.0511. The molecule has 0 aliphatic carbocycles. The van der Waals surface area contributed by atoms with E-state index >= 15 is 0 Å². The fourth-order valence-corrected chi connectivity index (χ4v) is 1.54. The zero-order valence-corrected chi connectivity index (χ0v) is 9.96. The van der Waals surface area contributed by atoms with Gasteiger partial charge in [-0.05, 0) is 11.5 Å². The van der Waals surface area contributed by atoms with Gasteiger partial charge in [0, 0.05) is 5.56 Å². The molecule has 3 nitrogen and oxygen atoms in total. The lowest BCUT2D eigenvalue weighted by atomic mass is 9.85. The van der Waals surface area contributed by atoms with Crippen LogP contribution in [0, 0.1) is 0 Å². The van der Waals surface area contributed by atoms with E-state index in [4.69, 9.17) is 5.73 Å². The Morgan fingerprint density at radius 2 is 1.94 bits per heavy atom. The number of amides is 1. The first-order valence-corrected chi connectivity index (χ1v) is 5.11. The number of halogens is 2. The quantitative estimate of drug-likeness (QED) is 0.887. The lowest BCUT2D eigenvalue weighted by Crippen LogP contribution is -2.20. The molecular formula is C12H15F2NO2. The highest BCUT2D eigenvalue weighted by molar-refractivity contribution is 5.96. The van der Waals surface area contributed by atoms with Crippen LogP contribution in [0.2, 0.25) is 0 Å². The number of alkyl halides is 2. The fraction of sp³-hybridized carbons (Fsp3) is 0.417. The van der Waals surface area contributed by atoms with E-state index < -0.39 is 17.9 Å². The van der Waals surface area contributed by atoms with E-state index in [1.807, 2.05) is 20.8 Å². The Hall–Kier alpha value is -1.65. The molecule has 0 fully saturated rings. The van der Waals surface area contributed by atoms with Crippen molar-refractivity contribution in [3.8, 4) is 5.75 Å². The summed E-state index contributed by atoms with van der Waals surface area (Å²) < 4.78 is 29.1. The molecule has 0 heterocycles. The van der Waals surface area contributed by atoms with Gasteiger partial charge in [-0.1, -0.05) is 32.9 Å². The largest absolute Gasteiger partial charge is 0.434 e. The van der Waals surface area contributed by atoms with Crippen molar-refractivity contribution in [1.82, 2.24) is 0 Å². The van der Waals surface area contributed by atoms with E-state index in [2.05, 4.69) is 4.74 Å². The third kappa shape index (κ3) is 3.15. The predicted octanol–water partition coefficient (Wildman–Crippen LogP) is 2.68. The third-order valence-corrected chi connectivity index (χ3v) is 2.30. The molecule has 1 rings (SSSR count). The number of hydrogen-bond donors (Lipinski definition) is 1. The van der Waals surface area contributed by atoms with Gasteiger partial charge >= 0.3 is 6.61 Å². The summed E-state index contributed by atoms with van der Waals surface area (Å²) in [5.41, 5.74) is 5.21. The number of nitrogens with two attached hydrogens (primary N) is 1. The van der Waals surface area contributed by atoms with Crippen LogP contribution in [0.3, 0.4) is 0 Å². The minimum Gasteiger partial charge on any atom is -0.434 e. The van der Waals surface area contributed by atoms with Crippen LogP contribution in [-0.2, 0) is 5.41 Å². The van der Waals surface area contributed by atoms with Crippen molar-refractivity contribution < 1.29 is 18.3 Å². The second kappa shape index (κ2) is 4.69. The van der Waals surface area contributed by atoms with Gasteiger partial charge in [-0.25, -0.2) is 0 Å². The summed E-state index contributed by atoms with van der Waals surface area (Å²) in [6.45, 7) is 2.53. The average molecular weight is 243 g/mol. The van der Waals surface area contributed by atoms with Gasteiger partial charge in [-0.15, -0.1) is 0 Å². The Balaban J connectivity index is 3.40. The van der Waals surface area contributed by atoms with Crippen molar-refractivity contribution in [3.63, 3.8) is 0 Å². The second-order valence-electron chi connectivity index (χ2n) is 4.68. The number of benzene rings is 1. The van der Waals surface area contributed by atoms with Crippen LogP contribution in [-0.4, -0.2) is 12.5 Å². The molecular weight excluding hydrogens is 228 g/mol. The molecule has 5 heteroatoms. The monoisotopic (exact) mass is 243 g/mol. The maximum Gasteiger partial charge on any atom is 0.387 e. The number of para-hydroxylation sites is 1. The van der Waals surface area contributed by atoms with Crippen LogP contribution >= 0.6 is 0 Å². The standard InChI is InChI=1S/C12H15F2NO2/c1-12(2,3)8-6-4-5-7(10(15)16)9(8)17-11(13)14/h4-6,11H,1-3H3,(H2,15,16). The van der Waals surface area contributed by atoms with Crippen molar-refractivity contribution in [2.75, 3.05) is 0 Å². The van der Waals surface area contributed by atoms with Crippen molar-refractivity contribution in [2.24, 2.45) is 5.73 Å². The summed E-state index contributed by atoms with van der Waals surface area (Å²) in [4.78, 5) is 11.2. The number of carbonyl (C=O) groups excluding carboxylic acids is 1. The zero-order chi connectivity index (χ0) is 13.2. The van der Waals surface area contributed by atoms with E-state index in [1.165, 1.54) is 6.07 Å². The third-order valence-electron chi connectivity index (χ3n) is 2.30. The number of ether oxygens (including phenoxy) is 1. The molecule has 0 aliphatic heterocycles. The van der Waals surface area contributed by atoms with E-state index in [0.29, 0.717) is 5.56 Å². The molecule has 0 radical (unpaired) electrons. The number of hydrogen-bond acceptors (Lipinski definition) is 2. The molecule has 0 unspecified atom stereocenters. The molecule has 94 valence electrons. The Labute approximate surface area is 98.6 Å². The Morgan fingerprint density at radius 1 is 1.35 bits per heavy atom. The van der Waals surface area contributed by atoms with Crippen LogP contribution in [0.1, 0.15) is 36.7 Å². The van der Waals surface area contributed by atoms with Gasteiger partial charge in [0.2, 0.25) is 0 Å². The van der Waals surface area contributed by atoms with E-state index in [-0.39, 0.29) is 11.3 Å². The number of primary amides is 1. The summed E-state index contributed by atoms with van der Waals surface area (Å²) in [7, 11) is 0. The minimum atomic E-state index is -2.99. The highest BCUT2D eigenvalue weighted by Crippen LogP contribution is 2.34. The molecule has 0 saturated carbocycles. The van der Waals surface area contributed by atoms with Crippen molar-refractivity contribution in [3.05, 3.63) is 29.3 Å². The maximum atomic E-state index is 12.4. The van der Waals surface area contributed by atoms with Crippen molar-refractivity contribution in [1.29, 1.82) is 0 Å². The van der Waals surface area contributed by atoms with Crippen molar-refractivity contribution >= 4 is 5.91 Å². The van der Waals surface area contributed by atoms with E-state index in [9.17, 15) is 13.6 Å². The highest BCUT2D eigenvalue weighted by Gasteiger charge is 2.24. The molecule has 1 aromatic carbocycles. The molecule has 1 aromatic rings. The first kappa shape index (κ1) is 13.4. The summed E-state index contributed by atoms with van der Waals surface area (Å²) >= 11 is 0. The molecule has 0 aromatic heterocycles. The molecule has 0 bridgehead atoms. The lowest BCUT2D eigenvalue weighted by Gasteiger charge is -2.23. The normalized spacial score (nSPS) is 11.6. The predicted molar refractivity (Wildman–Crippen MR) is 60.3 cm³/mol. The molecule has 2 N–H and O–H groups in total. The Bertz CT molecular complexity index is 425. The summed E-state index contributed by atoms with van der Waals surface area (Å²) in [5.74, 6) is -0.922. The van der Waals surface area contributed by atoms with Gasteiger partial charge in [0.25, 0.3) is 5.91 Å². The van der Waals surface area contributed by atoms with Gasteiger partial charge in [-0.2, -0.15) is 8.78 Å². The number of carbonyl (C=O) groups is 1. The van der Waals surface area contributed by atoms with Crippen molar-refractivity contribution in [2.45, 2.75) is 32.8 Å². The fourth-order valence-electron chi connectivity index (χ4n) is 1.54. The van der Waals surface area contributed by atoms with Crippen LogP contribution in [0.15, 0.2) is 18.2 Å². The topological polar surface area (TPSA) is 52.3 Å². The van der Waals surface area contributed by atoms with Crippen LogP contribution < -0.4 is 10.5 Å². The smallest absolute Gasteiger partial charge is 0.387 e. The van der Waals surface area contributed by atoms with Gasteiger partial charge < -0.3 is 10.5 Å². The molecule has 1 amide bonds. The minimum absolute atomic E-state index is 0.0299. The summed E-state index contributed by atoms with van der Waals surface area (Å²) in [5, 5.41) is 0. The Kier molecular flexibility index (Phi) is 3.70.